The predicted molar refractivity (Wildman–Crippen MR) is 143 cm³/mol. The molecule has 0 unspecified atom stereocenters. The number of carboxylic acid groups (broad SMARTS) is 1. The summed E-state index contributed by atoms with van der Waals surface area (Å²) in [7, 11) is 5.07. The normalized spacial score (nSPS) is 15.2. The molecule has 0 spiro atoms. The van der Waals surface area contributed by atoms with Gasteiger partial charge in [-0.15, -0.1) is 5.10 Å². The summed E-state index contributed by atoms with van der Waals surface area (Å²) < 4.78 is 20.5. The molecule has 14 heteroatoms. The van der Waals surface area contributed by atoms with Gasteiger partial charge in [-0.25, -0.2) is 19.2 Å². The number of nitriles is 1. The molecule has 0 bridgehead atoms. The SMILES string of the molecule is COCCc1nc2sc(N3CC[C@@H](N(C)C(=O)O)C3)nn2c1N(C)c1nc(-c2ccc(F)cc2)c(C#N)s1. The second-order valence-corrected chi connectivity index (χ2v) is 10.7. The molecule has 0 aliphatic carbocycles. The molecule has 4 heterocycles. The third-order valence-corrected chi connectivity index (χ3v) is 8.51. The van der Waals surface area contributed by atoms with E-state index in [0.717, 1.165) is 17.2 Å². The Morgan fingerprint density at radius 2 is 2.05 bits per heavy atom. The molecule has 1 atom stereocenters. The van der Waals surface area contributed by atoms with Crippen LogP contribution in [0.4, 0.5) is 25.3 Å². The standard InChI is InChI=1S/C24H25FN8O3S2/c1-30(24(34)35)16-8-10-32(13-16)23-29-33-20(17(9-11-36-3)27-22(33)38-23)31(2)21-28-19(18(12-26)37-21)14-4-6-15(25)7-5-14/h4-7,16H,8-11,13H2,1-3H3,(H,34,35)/t16-/m1/s1. The lowest BCUT2D eigenvalue weighted by Gasteiger charge is -2.21. The third kappa shape index (κ3) is 4.75. The molecule has 3 aromatic heterocycles. The van der Waals surface area contributed by atoms with Gasteiger partial charge in [0.2, 0.25) is 10.1 Å². The van der Waals surface area contributed by atoms with Gasteiger partial charge >= 0.3 is 6.09 Å². The summed E-state index contributed by atoms with van der Waals surface area (Å²) in [6.07, 6.45) is 0.328. The fourth-order valence-corrected chi connectivity index (χ4v) is 6.21. The van der Waals surface area contributed by atoms with Gasteiger partial charge in [0.05, 0.1) is 18.3 Å². The molecule has 38 heavy (non-hydrogen) atoms. The summed E-state index contributed by atoms with van der Waals surface area (Å²) in [6, 6.07) is 8.00. The van der Waals surface area contributed by atoms with Gasteiger partial charge in [-0.3, -0.25) is 0 Å². The number of anilines is 3. The second-order valence-electron chi connectivity index (χ2n) is 8.84. The number of methoxy groups -OCH3 is 1. The molecule has 11 nitrogen and oxygen atoms in total. The predicted octanol–water partition coefficient (Wildman–Crippen LogP) is 4.07. The molecule has 1 saturated heterocycles. The summed E-state index contributed by atoms with van der Waals surface area (Å²) >= 11 is 2.67. The Balaban J connectivity index is 1.50. The van der Waals surface area contributed by atoms with Crippen molar-refractivity contribution in [3.05, 3.63) is 40.7 Å². The molecule has 1 aliphatic rings. The van der Waals surface area contributed by atoms with Crippen LogP contribution in [0.15, 0.2) is 24.3 Å². The highest BCUT2D eigenvalue weighted by molar-refractivity contribution is 7.20. The van der Waals surface area contributed by atoms with Gasteiger partial charge < -0.3 is 24.5 Å². The van der Waals surface area contributed by atoms with Gasteiger partial charge in [0, 0.05) is 46.3 Å². The van der Waals surface area contributed by atoms with Crippen LogP contribution in [0.25, 0.3) is 16.2 Å². The maximum Gasteiger partial charge on any atom is 0.407 e. The molecule has 1 amide bonds. The van der Waals surface area contributed by atoms with Crippen LogP contribution in [0.5, 0.6) is 0 Å². The van der Waals surface area contributed by atoms with Crippen molar-refractivity contribution in [3.8, 4) is 17.3 Å². The minimum absolute atomic E-state index is 0.104. The Hall–Kier alpha value is -3.80. The van der Waals surface area contributed by atoms with Crippen molar-refractivity contribution in [3.63, 3.8) is 0 Å². The number of halogens is 1. The summed E-state index contributed by atoms with van der Waals surface area (Å²) in [6.45, 7) is 1.72. The van der Waals surface area contributed by atoms with E-state index in [1.165, 1.54) is 39.7 Å². The second kappa shape index (κ2) is 10.5. The lowest BCUT2D eigenvalue weighted by Crippen LogP contribution is -2.38. The van der Waals surface area contributed by atoms with Crippen LogP contribution in [-0.2, 0) is 11.2 Å². The number of benzene rings is 1. The Morgan fingerprint density at radius 1 is 1.29 bits per heavy atom. The molecule has 1 aliphatic heterocycles. The number of hydrogen-bond donors (Lipinski definition) is 1. The number of thiazole rings is 1. The highest BCUT2D eigenvalue weighted by Gasteiger charge is 2.31. The first-order chi connectivity index (χ1) is 18.3. The largest absolute Gasteiger partial charge is 0.465 e. The van der Waals surface area contributed by atoms with Gasteiger partial charge in [0.25, 0.3) is 0 Å². The zero-order valence-electron chi connectivity index (χ0n) is 21.0. The Morgan fingerprint density at radius 3 is 2.74 bits per heavy atom. The summed E-state index contributed by atoms with van der Waals surface area (Å²) in [4.78, 5) is 27.3. The smallest absolute Gasteiger partial charge is 0.407 e. The fraction of sp³-hybridized carbons (Fsp3) is 0.375. The molecular weight excluding hydrogens is 531 g/mol. The van der Waals surface area contributed by atoms with Crippen LogP contribution in [0.2, 0.25) is 0 Å². The minimum atomic E-state index is -0.947. The molecule has 1 N–H and O–H groups in total. The first-order valence-corrected chi connectivity index (χ1v) is 13.4. The maximum absolute atomic E-state index is 13.5. The first kappa shape index (κ1) is 25.8. The van der Waals surface area contributed by atoms with Crippen molar-refractivity contribution in [2.45, 2.75) is 18.9 Å². The molecule has 1 aromatic carbocycles. The molecule has 4 aromatic rings. The third-order valence-electron chi connectivity index (χ3n) is 6.50. The zero-order chi connectivity index (χ0) is 27.0. The van der Waals surface area contributed by atoms with Crippen molar-refractivity contribution in [1.82, 2.24) is 24.5 Å². The minimum Gasteiger partial charge on any atom is -0.465 e. The monoisotopic (exact) mass is 556 g/mol. The van der Waals surface area contributed by atoms with Crippen LogP contribution in [0.1, 0.15) is 17.0 Å². The van der Waals surface area contributed by atoms with Gasteiger partial charge in [-0.1, -0.05) is 22.7 Å². The lowest BCUT2D eigenvalue weighted by molar-refractivity contribution is 0.142. The van der Waals surface area contributed by atoms with E-state index in [1.54, 1.807) is 30.8 Å². The van der Waals surface area contributed by atoms with Crippen molar-refractivity contribution < 1.29 is 19.0 Å². The molecule has 0 saturated carbocycles. The van der Waals surface area contributed by atoms with Crippen LogP contribution in [-0.4, -0.2) is 82.6 Å². The van der Waals surface area contributed by atoms with Crippen molar-refractivity contribution >= 4 is 49.8 Å². The topological polar surface area (TPSA) is 123 Å². The van der Waals surface area contributed by atoms with E-state index in [4.69, 9.17) is 19.8 Å². The molecule has 198 valence electrons. The van der Waals surface area contributed by atoms with Gasteiger partial charge in [-0.05, 0) is 30.7 Å². The number of rotatable bonds is 8. The van der Waals surface area contributed by atoms with E-state index in [2.05, 4.69) is 11.0 Å². The van der Waals surface area contributed by atoms with Crippen LogP contribution in [0, 0.1) is 17.1 Å². The van der Waals surface area contributed by atoms with Crippen LogP contribution >= 0.6 is 22.7 Å². The highest BCUT2D eigenvalue weighted by Crippen LogP contribution is 2.38. The average molecular weight is 557 g/mol. The van der Waals surface area contributed by atoms with Gasteiger partial charge in [-0.2, -0.15) is 9.78 Å². The number of aromatic nitrogens is 4. The quantitative estimate of drug-likeness (QED) is 0.342. The maximum atomic E-state index is 13.5. The van der Waals surface area contributed by atoms with E-state index in [0.29, 0.717) is 58.2 Å². The van der Waals surface area contributed by atoms with Crippen LogP contribution in [0.3, 0.4) is 0 Å². The first-order valence-electron chi connectivity index (χ1n) is 11.8. The summed E-state index contributed by atoms with van der Waals surface area (Å²) in [5.74, 6) is 0.351. The van der Waals surface area contributed by atoms with E-state index in [9.17, 15) is 19.6 Å². The van der Waals surface area contributed by atoms with E-state index in [-0.39, 0.29) is 11.9 Å². The Bertz CT molecular complexity index is 1510. The average Bonchev–Trinajstić information content (AvgIpc) is 3.69. The fourth-order valence-electron chi connectivity index (χ4n) is 4.41. The number of likely N-dealkylation sites (N-methyl/N-ethyl adjacent to an activating group) is 1. The zero-order valence-corrected chi connectivity index (χ0v) is 22.6. The number of carbonyl (C=O) groups is 1. The number of fused-ring (bicyclic) bond motifs is 1. The molecule has 5 rings (SSSR count). The summed E-state index contributed by atoms with van der Waals surface area (Å²) in [5, 5.41) is 25.3. The number of nitrogens with zero attached hydrogens (tertiary/aromatic N) is 8. The lowest BCUT2D eigenvalue weighted by atomic mass is 10.1. The Kier molecular flexibility index (Phi) is 7.15. The number of amides is 1. The Labute approximate surface area is 225 Å². The highest BCUT2D eigenvalue weighted by atomic mass is 32.1. The molecule has 0 radical (unpaired) electrons. The number of ether oxygens (including phenoxy) is 1. The van der Waals surface area contributed by atoms with Gasteiger partial charge in [0.1, 0.15) is 22.5 Å². The van der Waals surface area contributed by atoms with E-state index < -0.39 is 6.09 Å². The molecule has 1 fully saturated rings. The van der Waals surface area contributed by atoms with E-state index in [1.807, 2.05) is 11.9 Å². The number of hydrogen-bond acceptors (Lipinski definition) is 10. The summed E-state index contributed by atoms with van der Waals surface area (Å²) in [5.41, 5.74) is 1.92. The van der Waals surface area contributed by atoms with Crippen molar-refractivity contribution in [2.24, 2.45) is 0 Å². The van der Waals surface area contributed by atoms with E-state index >= 15 is 0 Å². The number of imidazole rings is 1. The van der Waals surface area contributed by atoms with Crippen molar-refractivity contribution in [1.29, 1.82) is 5.26 Å². The van der Waals surface area contributed by atoms with Gasteiger partial charge in [0.15, 0.2) is 10.9 Å². The van der Waals surface area contributed by atoms with Crippen LogP contribution < -0.4 is 9.80 Å². The molecular formula is C24H25FN8O3S2. The van der Waals surface area contributed by atoms with Crippen molar-refractivity contribution in [2.75, 3.05) is 50.7 Å².